The van der Waals surface area contributed by atoms with Crippen LogP contribution < -0.4 is 10.0 Å². The molecule has 29 heavy (non-hydrogen) atoms. The van der Waals surface area contributed by atoms with Gasteiger partial charge in [-0.05, 0) is 49.6 Å². The molecule has 0 radical (unpaired) electrons. The monoisotopic (exact) mass is 435 g/mol. The van der Waals surface area contributed by atoms with Crippen molar-refractivity contribution >= 4 is 44.8 Å². The average Bonchev–Trinajstić information content (AvgIpc) is 2.69. The summed E-state index contributed by atoms with van der Waals surface area (Å²) in [6.07, 6.45) is 4.09. The van der Waals surface area contributed by atoms with E-state index in [0.717, 1.165) is 25.5 Å². The first-order valence-corrected chi connectivity index (χ1v) is 11.5. The number of sulfonamides is 1. The van der Waals surface area contributed by atoms with Crippen molar-refractivity contribution in [2.24, 2.45) is 0 Å². The number of amides is 2. The number of para-hydroxylation sites is 1. The molecule has 1 fully saturated rings. The van der Waals surface area contributed by atoms with Gasteiger partial charge in [-0.15, -0.1) is 0 Å². The molecule has 2 N–H and O–H groups in total. The number of carbonyl (C=O) groups is 2. The SMILES string of the molecule is CS(=O)(=O)Nc1ccc(C(=O)Nc2ccccc2C(=O)N2CCCCC2)cc1Cl. The summed E-state index contributed by atoms with van der Waals surface area (Å²) >= 11 is 6.10. The molecule has 7 nitrogen and oxygen atoms in total. The Morgan fingerprint density at radius 2 is 1.69 bits per heavy atom. The zero-order valence-electron chi connectivity index (χ0n) is 15.9. The van der Waals surface area contributed by atoms with E-state index < -0.39 is 15.9 Å². The molecule has 2 amide bonds. The van der Waals surface area contributed by atoms with Crippen LogP contribution in [-0.2, 0) is 10.0 Å². The predicted octanol–water partition coefficient (Wildman–Crippen LogP) is 3.59. The third-order valence-corrected chi connectivity index (χ3v) is 5.48. The fourth-order valence-corrected chi connectivity index (χ4v) is 4.04. The minimum Gasteiger partial charge on any atom is -0.339 e. The van der Waals surface area contributed by atoms with E-state index in [1.165, 1.54) is 18.2 Å². The first-order chi connectivity index (χ1) is 13.7. The number of rotatable bonds is 5. The molecule has 0 aliphatic carbocycles. The molecular weight excluding hydrogens is 414 g/mol. The van der Waals surface area contributed by atoms with E-state index in [1.807, 2.05) is 0 Å². The number of halogens is 1. The average molecular weight is 436 g/mol. The van der Waals surface area contributed by atoms with Gasteiger partial charge in [-0.1, -0.05) is 23.7 Å². The summed E-state index contributed by atoms with van der Waals surface area (Å²) in [7, 11) is -3.48. The quantitative estimate of drug-likeness (QED) is 0.750. The molecule has 0 spiro atoms. The molecule has 1 aliphatic heterocycles. The van der Waals surface area contributed by atoms with Crippen LogP contribution in [0.25, 0.3) is 0 Å². The van der Waals surface area contributed by atoms with Crippen LogP contribution in [0.3, 0.4) is 0 Å². The Balaban J connectivity index is 1.79. The van der Waals surface area contributed by atoms with Crippen LogP contribution >= 0.6 is 11.6 Å². The number of hydrogen-bond acceptors (Lipinski definition) is 4. The van der Waals surface area contributed by atoms with Gasteiger partial charge >= 0.3 is 0 Å². The zero-order valence-corrected chi connectivity index (χ0v) is 17.5. The van der Waals surface area contributed by atoms with Gasteiger partial charge in [0.2, 0.25) is 10.0 Å². The van der Waals surface area contributed by atoms with Gasteiger partial charge in [0.05, 0.1) is 28.2 Å². The third kappa shape index (κ3) is 5.48. The molecule has 9 heteroatoms. The van der Waals surface area contributed by atoms with E-state index in [0.29, 0.717) is 24.3 Å². The Morgan fingerprint density at radius 3 is 2.34 bits per heavy atom. The van der Waals surface area contributed by atoms with Gasteiger partial charge in [0.25, 0.3) is 11.8 Å². The first-order valence-electron chi connectivity index (χ1n) is 9.21. The third-order valence-electron chi connectivity index (χ3n) is 4.58. The van der Waals surface area contributed by atoms with Crippen molar-refractivity contribution < 1.29 is 18.0 Å². The number of likely N-dealkylation sites (tertiary alicyclic amines) is 1. The lowest BCUT2D eigenvalue weighted by Gasteiger charge is -2.27. The fourth-order valence-electron chi connectivity index (χ4n) is 3.18. The molecule has 1 aliphatic rings. The van der Waals surface area contributed by atoms with E-state index in [-0.39, 0.29) is 22.2 Å². The highest BCUT2D eigenvalue weighted by Gasteiger charge is 2.21. The van der Waals surface area contributed by atoms with Crippen LogP contribution in [0.1, 0.15) is 40.0 Å². The van der Waals surface area contributed by atoms with Crippen molar-refractivity contribution in [3.63, 3.8) is 0 Å². The predicted molar refractivity (Wildman–Crippen MR) is 114 cm³/mol. The van der Waals surface area contributed by atoms with Gasteiger partial charge < -0.3 is 10.2 Å². The molecule has 1 heterocycles. The van der Waals surface area contributed by atoms with Gasteiger partial charge in [0, 0.05) is 18.7 Å². The van der Waals surface area contributed by atoms with Crippen molar-refractivity contribution in [1.29, 1.82) is 0 Å². The van der Waals surface area contributed by atoms with Crippen LogP contribution in [0.5, 0.6) is 0 Å². The summed E-state index contributed by atoms with van der Waals surface area (Å²) in [4.78, 5) is 27.3. The lowest BCUT2D eigenvalue weighted by Crippen LogP contribution is -2.36. The summed E-state index contributed by atoms with van der Waals surface area (Å²) in [5.41, 5.74) is 1.28. The van der Waals surface area contributed by atoms with Crippen LogP contribution in [0.2, 0.25) is 5.02 Å². The number of nitrogens with zero attached hydrogens (tertiary/aromatic N) is 1. The van der Waals surface area contributed by atoms with Gasteiger partial charge in [-0.25, -0.2) is 8.42 Å². The smallest absolute Gasteiger partial charge is 0.255 e. The topological polar surface area (TPSA) is 95.6 Å². The van der Waals surface area contributed by atoms with E-state index in [2.05, 4.69) is 10.0 Å². The molecule has 0 unspecified atom stereocenters. The number of anilines is 2. The summed E-state index contributed by atoms with van der Waals surface area (Å²) < 4.78 is 25.0. The Kier molecular flexibility index (Phi) is 6.44. The number of benzene rings is 2. The second kappa shape index (κ2) is 8.84. The second-order valence-corrected chi connectivity index (χ2v) is 9.08. The maximum Gasteiger partial charge on any atom is 0.255 e. The highest BCUT2D eigenvalue weighted by atomic mass is 35.5. The molecular formula is C20H22ClN3O4S. The number of carbonyl (C=O) groups excluding carboxylic acids is 2. The van der Waals surface area contributed by atoms with Crippen LogP contribution in [-0.4, -0.2) is 44.5 Å². The molecule has 2 aromatic rings. The van der Waals surface area contributed by atoms with Crippen LogP contribution in [0.15, 0.2) is 42.5 Å². The van der Waals surface area contributed by atoms with Crippen molar-refractivity contribution in [1.82, 2.24) is 4.90 Å². The number of piperidine rings is 1. The maximum atomic E-state index is 12.9. The highest BCUT2D eigenvalue weighted by Crippen LogP contribution is 2.25. The van der Waals surface area contributed by atoms with Gasteiger partial charge in [0.1, 0.15) is 0 Å². The fraction of sp³-hybridized carbons (Fsp3) is 0.300. The zero-order chi connectivity index (χ0) is 21.0. The Bertz CT molecular complexity index is 1030. The number of hydrogen-bond donors (Lipinski definition) is 2. The van der Waals surface area contributed by atoms with Gasteiger partial charge in [-0.2, -0.15) is 0 Å². The molecule has 1 saturated heterocycles. The minimum absolute atomic E-state index is 0.0979. The Labute approximate surface area is 175 Å². The molecule has 0 atom stereocenters. The summed E-state index contributed by atoms with van der Waals surface area (Å²) in [5.74, 6) is -0.553. The largest absolute Gasteiger partial charge is 0.339 e. The normalized spacial score (nSPS) is 14.3. The molecule has 2 aromatic carbocycles. The summed E-state index contributed by atoms with van der Waals surface area (Å²) in [6.45, 7) is 1.43. The van der Waals surface area contributed by atoms with Crippen molar-refractivity contribution in [3.8, 4) is 0 Å². The first kappa shape index (κ1) is 21.1. The molecule has 0 bridgehead atoms. The van der Waals surface area contributed by atoms with E-state index in [9.17, 15) is 18.0 Å². The minimum atomic E-state index is -3.48. The maximum absolute atomic E-state index is 12.9. The van der Waals surface area contributed by atoms with E-state index in [4.69, 9.17) is 11.6 Å². The standard InChI is InChI=1S/C20H22ClN3O4S/c1-29(27,28)23-18-10-9-14(13-16(18)21)19(25)22-17-8-4-3-7-15(17)20(26)24-11-5-2-6-12-24/h3-4,7-10,13,23H,2,5-6,11-12H2,1H3,(H,22,25). The van der Waals surface area contributed by atoms with Crippen LogP contribution in [0, 0.1) is 0 Å². The van der Waals surface area contributed by atoms with E-state index in [1.54, 1.807) is 29.2 Å². The second-order valence-electron chi connectivity index (χ2n) is 6.92. The number of nitrogens with one attached hydrogen (secondary N) is 2. The molecule has 3 rings (SSSR count). The Morgan fingerprint density at radius 1 is 1.00 bits per heavy atom. The van der Waals surface area contributed by atoms with Crippen LogP contribution in [0.4, 0.5) is 11.4 Å². The van der Waals surface area contributed by atoms with Crippen molar-refractivity contribution in [2.75, 3.05) is 29.4 Å². The van der Waals surface area contributed by atoms with Gasteiger partial charge in [0.15, 0.2) is 0 Å². The van der Waals surface area contributed by atoms with Crippen molar-refractivity contribution in [2.45, 2.75) is 19.3 Å². The molecule has 0 aromatic heterocycles. The molecule has 0 saturated carbocycles. The lowest BCUT2D eigenvalue weighted by atomic mass is 10.1. The Hall–Kier alpha value is -2.58. The highest BCUT2D eigenvalue weighted by molar-refractivity contribution is 7.92. The summed E-state index contributed by atoms with van der Waals surface area (Å²) in [5, 5.41) is 2.86. The van der Waals surface area contributed by atoms with E-state index >= 15 is 0 Å². The summed E-state index contributed by atoms with van der Waals surface area (Å²) in [6, 6.07) is 11.1. The lowest BCUT2D eigenvalue weighted by molar-refractivity contribution is 0.0725. The molecule has 154 valence electrons. The van der Waals surface area contributed by atoms with Gasteiger partial charge in [-0.3, -0.25) is 14.3 Å². The van der Waals surface area contributed by atoms with Crippen molar-refractivity contribution in [3.05, 3.63) is 58.6 Å².